The zero-order valence-corrected chi connectivity index (χ0v) is 11.9. The largest absolute Gasteiger partial charge is 0.495 e. The van der Waals surface area contributed by atoms with E-state index in [-0.39, 0.29) is 17.9 Å². The van der Waals surface area contributed by atoms with Gasteiger partial charge in [-0.2, -0.15) is 0 Å². The van der Waals surface area contributed by atoms with Crippen molar-refractivity contribution in [2.24, 2.45) is 11.8 Å². The van der Waals surface area contributed by atoms with Gasteiger partial charge in [-0.05, 0) is 18.1 Å². The van der Waals surface area contributed by atoms with Crippen LogP contribution in [0.4, 0.5) is 5.69 Å². The Morgan fingerprint density at radius 1 is 1.40 bits per heavy atom. The molecule has 1 saturated heterocycles. The Balaban J connectivity index is 2.07. The van der Waals surface area contributed by atoms with E-state index in [1.807, 2.05) is 19.9 Å². The molecule has 1 aliphatic heterocycles. The Morgan fingerprint density at radius 3 is 2.70 bits per heavy atom. The predicted molar refractivity (Wildman–Crippen MR) is 74.4 cm³/mol. The second-order valence-corrected chi connectivity index (χ2v) is 5.20. The maximum atomic E-state index is 12.2. The van der Waals surface area contributed by atoms with Gasteiger partial charge in [-0.3, -0.25) is 9.59 Å². The van der Waals surface area contributed by atoms with Gasteiger partial charge >= 0.3 is 5.97 Å². The number of amides is 1. The smallest absolute Gasteiger partial charge is 0.318 e. The molecule has 0 unspecified atom stereocenters. The predicted octanol–water partition coefficient (Wildman–Crippen LogP) is 2.22. The van der Waals surface area contributed by atoms with Crippen LogP contribution in [-0.4, -0.2) is 25.1 Å². The highest BCUT2D eigenvalue weighted by atomic mass is 16.6. The van der Waals surface area contributed by atoms with Crippen LogP contribution in [0.15, 0.2) is 24.3 Å². The summed E-state index contributed by atoms with van der Waals surface area (Å²) in [6.45, 7) is 3.94. The lowest BCUT2D eigenvalue weighted by Crippen LogP contribution is -2.26. The average Bonchev–Trinajstić information content (AvgIpc) is 2.82. The Kier molecular flexibility index (Phi) is 4.27. The van der Waals surface area contributed by atoms with E-state index in [2.05, 4.69) is 5.32 Å². The van der Waals surface area contributed by atoms with E-state index in [0.29, 0.717) is 17.9 Å². The minimum absolute atomic E-state index is 0.184. The summed E-state index contributed by atoms with van der Waals surface area (Å²) in [5, 5.41) is 2.73. The molecule has 1 amide bonds. The van der Waals surface area contributed by atoms with Crippen molar-refractivity contribution in [1.82, 2.24) is 0 Å². The van der Waals surface area contributed by atoms with Crippen molar-refractivity contribution in [3.05, 3.63) is 24.3 Å². The van der Waals surface area contributed by atoms with E-state index in [4.69, 9.17) is 9.47 Å². The molecular formula is C15H19NO4. The van der Waals surface area contributed by atoms with Crippen molar-refractivity contribution in [3.63, 3.8) is 0 Å². The monoisotopic (exact) mass is 277 g/mol. The lowest BCUT2D eigenvalue weighted by molar-refractivity contribution is -0.147. The third-order valence-corrected chi connectivity index (χ3v) is 3.44. The van der Waals surface area contributed by atoms with Gasteiger partial charge < -0.3 is 14.8 Å². The molecule has 1 aliphatic rings. The van der Waals surface area contributed by atoms with Crippen LogP contribution in [0.5, 0.6) is 5.75 Å². The highest BCUT2D eigenvalue weighted by Crippen LogP contribution is 2.29. The second kappa shape index (κ2) is 5.94. The molecule has 1 N–H and O–H groups in total. The third kappa shape index (κ3) is 2.92. The summed E-state index contributed by atoms with van der Waals surface area (Å²) in [5.74, 6) is -0.762. The molecule has 2 rings (SSSR count). The number of anilines is 1. The molecule has 0 bridgehead atoms. The Bertz CT molecular complexity index is 512. The normalized spacial score (nSPS) is 21.7. The minimum atomic E-state index is -0.743. The quantitative estimate of drug-likeness (QED) is 0.677. The molecule has 1 aromatic rings. The van der Waals surface area contributed by atoms with Gasteiger partial charge in [0.2, 0.25) is 5.91 Å². The van der Waals surface area contributed by atoms with Crippen molar-refractivity contribution >= 4 is 17.6 Å². The van der Waals surface area contributed by atoms with Crippen LogP contribution in [0.3, 0.4) is 0 Å². The Labute approximate surface area is 118 Å². The molecule has 0 saturated carbocycles. The van der Waals surface area contributed by atoms with E-state index in [1.54, 1.807) is 18.2 Å². The van der Waals surface area contributed by atoms with Gasteiger partial charge in [0.15, 0.2) is 0 Å². The number of carbonyl (C=O) groups is 2. The number of esters is 1. The highest BCUT2D eigenvalue weighted by Gasteiger charge is 2.40. The molecule has 0 spiro atoms. The van der Waals surface area contributed by atoms with Crippen molar-refractivity contribution in [2.45, 2.75) is 26.4 Å². The number of para-hydroxylation sites is 2. The lowest BCUT2D eigenvalue weighted by atomic mass is 9.97. The van der Waals surface area contributed by atoms with Gasteiger partial charge in [0, 0.05) is 6.42 Å². The minimum Gasteiger partial charge on any atom is -0.495 e. The Hall–Kier alpha value is -2.04. The number of rotatable bonds is 4. The number of benzene rings is 1. The zero-order chi connectivity index (χ0) is 14.7. The van der Waals surface area contributed by atoms with E-state index in [0.717, 1.165) is 0 Å². The summed E-state index contributed by atoms with van der Waals surface area (Å²) < 4.78 is 10.4. The molecule has 0 radical (unpaired) electrons. The summed E-state index contributed by atoms with van der Waals surface area (Å²) in [5.41, 5.74) is 0.556. The van der Waals surface area contributed by atoms with Crippen LogP contribution < -0.4 is 10.1 Å². The molecule has 20 heavy (non-hydrogen) atoms. The molecule has 1 fully saturated rings. The van der Waals surface area contributed by atoms with Gasteiger partial charge in [0.05, 0.1) is 12.8 Å². The van der Waals surface area contributed by atoms with Crippen LogP contribution in [0, 0.1) is 11.8 Å². The first-order valence-corrected chi connectivity index (χ1v) is 6.67. The van der Waals surface area contributed by atoms with E-state index in [1.165, 1.54) is 7.11 Å². The molecule has 2 atom stereocenters. The molecule has 108 valence electrons. The average molecular weight is 277 g/mol. The van der Waals surface area contributed by atoms with Crippen LogP contribution >= 0.6 is 0 Å². The molecular weight excluding hydrogens is 258 g/mol. The number of cyclic esters (lactones) is 1. The number of hydrogen-bond donors (Lipinski definition) is 1. The van der Waals surface area contributed by atoms with Crippen molar-refractivity contribution in [1.29, 1.82) is 0 Å². The van der Waals surface area contributed by atoms with Crippen molar-refractivity contribution in [2.75, 3.05) is 12.4 Å². The summed E-state index contributed by atoms with van der Waals surface area (Å²) in [6.07, 6.45) is 0.244. The van der Waals surface area contributed by atoms with Gasteiger partial charge in [-0.25, -0.2) is 0 Å². The first-order valence-electron chi connectivity index (χ1n) is 6.67. The van der Waals surface area contributed by atoms with Crippen LogP contribution in [-0.2, 0) is 14.3 Å². The maximum absolute atomic E-state index is 12.2. The van der Waals surface area contributed by atoms with E-state index < -0.39 is 11.9 Å². The fraction of sp³-hybridized carbons (Fsp3) is 0.467. The number of carbonyl (C=O) groups excluding carboxylic acids is 2. The van der Waals surface area contributed by atoms with Crippen molar-refractivity contribution < 1.29 is 19.1 Å². The molecule has 1 aromatic carbocycles. The number of nitrogens with one attached hydrogen (secondary N) is 1. The molecule has 0 aliphatic carbocycles. The second-order valence-electron chi connectivity index (χ2n) is 5.20. The van der Waals surface area contributed by atoms with Crippen LogP contribution in [0.1, 0.15) is 20.3 Å². The topological polar surface area (TPSA) is 64.6 Å². The number of methoxy groups -OCH3 is 1. The van der Waals surface area contributed by atoms with Gasteiger partial charge in [-0.1, -0.05) is 26.0 Å². The number of ether oxygens (including phenoxy) is 2. The first-order chi connectivity index (χ1) is 9.52. The van der Waals surface area contributed by atoms with Crippen LogP contribution in [0.25, 0.3) is 0 Å². The Morgan fingerprint density at radius 2 is 2.10 bits per heavy atom. The zero-order valence-electron chi connectivity index (χ0n) is 11.9. The summed E-state index contributed by atoms with van der Waals surface area (Å²) >= 11 is 0. The van der Waals surface area contributed by atoms with Gasteiger partial charge in [0.1, 0.15) is 17.8 Å². The molecule has 0 aromatic heterocycles. The molecule has 5 heteroatoms. The first kappa shape index (κ1) is 14.4. The summed E-state index contributed by atoms with van der Waals surface area (Å²) in [4.78, 5) is 24.0. The van der Waals surface area contributed by atoms with E-state index in [9.17, 15) is 9.59 Å². The highest BCUT2D eigenvalue weighted by molar-refractivity contribution is 6.06. The van der Waals surface area contributed by atoms with Gasteiger partial charge in [0.25, 0.3) is 0 Å². The molecule has 5 nitrogen and oxygen atoms in total. The van der Waals surface area contributed by atoms with E-state index >= 15 is 0 Å². The summed E-state index contributed by atoms with van der Waals surface area (Å²) in [7, 11) is 1.53. The van der Waals surface area contributed by atoms with Crippen LogP contribution in [0.2, 0.25) is 0 Å². The fourth-order valence-electron chi connectivity index (χ4n) is 2.20. The lowest BCUT2D eigenvalue weighted by Gasteiger charge is -2.12. The standard InChI is InChI=1S/C15H19NO4/c1-9(2)13-8-10(15(18)20-13)14(17)16-11-6-4-5-7-12(11)19-3/h4-7,9-10,13H,8H2,1-3H3,(H,16,17)/t10-,13+/m1/s1. The molecule has 1 heterocycles. The maximum Gasteiger partial charge on any atom is 0.318 e. The SMILES string of the molecule is COc1ccccc1NC(=O)[C@H]1C[C@@H](C(C)C)OC1=O. The van der Waals surface area contributed by atoms with Gasteiger partial charge in [-0.15, -0.1) is 0 Å². The fourth-order valence-corrected chi connectivity index (χ4v) is 2.20. The number of hydrogen-bond acceptors (Lipinski definition) is 4. The third-order valence-electron chi connectivity index (χ3n) is 3.44. The van der Waals surface area contributed by atoms with Crippen molar-refractivity contribution in [3.8, 4) is 5.75 Å². The summed E-state index contributed by atoms with van der Waals surface area (Å²) in [6, 6.07) is 7.09.